The van der Waals surface area contributed by atoms with Crippen molar-refractivity contribution in [3.63, 3.8) is 0 Å². The normalized spacial score (nSPS) is 18.4. The van der Waals surface area contributed by atoms with Gasteiger partial charge in [-0.2, -0.15) is 5.10 Å². The van der Waals surface area contributed by atoms with Crippen LogP contribution in [0.25, 0.3) is 5.69 Å². The summed E-state index contributed by atoms with van der Waals surface area (Å²) >= 11 is 6.21. The molecule has 1 unspecified atom stereocenters. The molecule has 2 aliphatic rings. The number of para-hydroxylation sites is 1. The maximum absolute atomic E-state index is 14.4. The number of pyridine rings is 1. The first-order valence-corrected chi connectivity index (χ1v) is 12.4. The molecule has 8 heteroatoms. The fourth-order valence-electron chi connectivity index (χ4n) is 5.58. The van der Waals surface area contributed by atoms with Gasteiger partial charge in [0, 0.05) is 41.6 Å². The van der Waals surface area contributed by atoms with Gasteiger partial charge in [-0.1, -0.05) is 55.3 Å². The Morgan fingerprint density at radius 1 is 1.03 bits per heavy atom. The van der Waals surface area contributed by atoms with Gasteiger partial charge in [0.05, 0.1) is 28.7 Å². The molecule has 1 fully saturated rings. The Balaban J connectivity index is 1.53. The average Bonchev–Trinajstić information content (AvgIpc) is 3.58. The Labute approximate surface area is 213 Å². The topological polar surface area (TPSA) is 71.3 Å². The van der Waals surface area contributed by atoms with E-state index >= 15 is 0 Å². The lowest BCUT2D eigenvalue weighted by Crippen LogP contribution is -2.51. The van der Waals surface area contributed by atoms with Crippen LogP contribution < -0.4 is 0 Å². The number of rotatable bonds is 5. The maximum Gasteiger partial charge on any atom is 0.259 e. The second kappa shape index (κ2) is 8.60. The fourth-order valence-corrected chi connectivity index (χ4v) is 5.70. The smallest absolute Gasteiger partial charge is 0.259 e. The molecule has 4 heterocycles. The number of fused-ring (bicyclic) bond motifs is 3. The Hall–Kier alpha value is -3.97. The van der Waals surface area contributed by atoms with Gasteiger partial charge in [0.15, 0.2) is 5.66 Å². The van der Waals surface area contributed by atoms with E-state index in [1.54, 1.807) is 46.6 Å². The van der Waals surface area contributed by atoms with E-state index in [9.17, 15) is 9.59 Å². The van der Waals surface area contributed by atoms with Gasteiger partial charge in [-0.25, -0.2) is 4.68 Å². The molecule has 0 spiro atoms. The zero-order valence-corrected chi connectivity index (χ0v) is 20.5. The number of aromatic nitrogens is 3. The first-order valence-electron chi connectivity index (χ1n) is 12.0. The lowest BCUT2D eigenvalue weighted by atomic mass is 9.90. The van der Waals surface area contributed by atoms with Crippen molar-refractivity contribution < 1.29 is 9.59 Å². The molecule has 36 heavy (non-hydrogen) atoms. The summed E-state index contributed by atoms with van der Waals surface area (Å²) in [5.41, 5.74) is 3.27. The van der Waals surface area contributed by atoms with Crippen LogP contribution in [0.2, 0.25) is 5.02 Å². The molecule has 180 valence electrons. The molecule has 0 bridgehead atoms. The molecule has 2 amide bonds. The van der Waals surface area contributed by atoms with Crippen molar-refractivity contribution in [2.24, 2.45) is 0 Å². The van der Waals surface area contributed by atoms with Crippen molar-refractivity contribution in [3.05, 3.63) is 112 Å². The molecular formula is C28H24ClN5O2. The number of hydrogen-bond acceptors (Lipinski definition) is 4. The molecule has 1 saturated heterocycles. The van der Waals surface area contributed by atoms with Crippen molar-refractivity contribution in [2.45, 2.75) is 25.4 Å². The summed E-state index contributed by atoms with van der Waals surface area (Å²) in [4.78, 5) is 35.8. The van der Waals surface area contributed by atoms with Crippen molar-refractivity contribution in [1.29, 1.82) is 0 Å². The highest BCUT2D eigenvalue weighted by molar-refractivity contribution is 6.30. The molecule has 2 aromatic heterocycles. The molecule has 1 atom stereocenters. The van der Waals surface area contributed by atoms with E-state index in [0.29, 0.717) is 41.2 Å². The fraction of sp³-hybridized carbons (Fsp3) is 0.214. The van der Waals surface area contributed by atoms with Gasteiger partial charge in [0.2, 0.25) is 0 Å². The summed E-state index contributed by atoms with van der Waals surface area (Å²) in [6.45, 7) is 2.89. The molecule has 2 aliphatic heterocycles. The Morgan fingerprint density at radius 2 is 1.81 bits per heavy atom. The van der Waals surface area contributed by atoms with Gasteiger partial charge in [0.25, 0.3) is 11.8 Å². The van der Waals surface area contributed by atoms with Gasteiger partial charge in [-0.15, -0.1) is 0 Å². The third-order valence-electron chi connectivity index (χ3n) is 7.08. The first-order chi connectivity index (χ1) is 17.6. The Bertz CT molecular complexity index is 1470. The zero-order chi connectivity index (χ0) is 24.9. The van der Waals surface area contributed by atoms with E-state index in [4.69, 9.17) is 11.6 Å². The van der Waals surface area contributed by atoms with Gasteiger partial charge in [-0.05, 0) is 36.8 Å². The predicted octanol–water partition coefficient (Wildman–Crippen LogP) is 4.69. The van der Waals surface area contributed by atoms with Crippen LogP contribution in [-0.2, 0) is 12.1 Å². The first kappa shape index (κ1) is 22.5. The van der Waals surface area contributed by atoms with Crippen molar-refractivity contribution in [3.8, 4) is 5.69 Å². The van der Waals surface area contributed by atoms with Gasteiger partial charge >= 0.3 is 0 Å². The van der Waals surface area contributed by atoms with E-state index < -0.39 is 5.66 Å². The van der Waals surface area contributed by atoms with Crippen molar-refractivity contribution >= 4 is 23.4 Å². The number of halogens is 1. The highest BCUT2D eigenvalue weighted by Gasteiger charge is 2.60. The van der Waals surface area contributed by atoms with Crippen molar-refractivity contribution in [2.75, 3.05) is 13.1 Å². The largest absolute Gasteiger partial charge is 0.306 e. The lowest BCUT2D eigenvalue weighted by Gasteiger charge is -2.40. The van der Waals surface area contributed by atoms with Crippen LogP contribution in [0.15, 0.2) is 79.3 Å². The van der Waals surface area contributed by atoms with Gasteiger partial charge in [-0.3, -0.25) is 14.6 Å². The molecule has 2 aromatic carbocycles. The third kappa shape index (κ3) is 3.12. The molecule has 6 rings (SSSR count). The van der Waals surface area contributed by atoms with Crippen LogP contribution in [0.4, 0.5) is 0 Å². The van der Waals surface area contributed by atoms with E-state index in [1.165, 1.54) is 0 Å². The zero-order valence-electron chi connectivity index (χ0n) is 19.8. The number of carbonyl (C=O) groups excluding carboxylic acids is 2. The van der Waals surface area contributed by atoms with Gasteiger partial charge in [0.1, 0.15) is 0 Å². The lowest BCUT2D eigenvalue weighted by molar-refractivity contribution is 0.0374. The summed E-state index contributed by atoms with van der Waals surface area (Å²) in [6, 6.07) is 18.9. The monoisotopic (exact) mass is 497 g/mol. The Morgan fingerprint density at radius 3 is 2.56 bits per heavy atom. The van der Waals surface area contributed by atoms with Crippen LogP contribution in [0.3, 0.4) is 0 Å². The van der Waals surface area contributed by atoms with Crippen LogP contribution in [0.5, 0.6) is 0 Å². The number of amides is 2. The number of hydrogen-bond donors (Lipinski definition) is 0. The molecule has 4 aromatic rings. The summed E-state index contributed by atoms with van der Waals surface area (Å²) in [5.74, 6) is -0.269. The number of benzene rings is 2. The second-order valence-electron chi connectivity index (χ2n) is 9.02. The second-order valence-corrected chi connectivity index (χ2v) is 9.45. The van der Waals surface area contributed by atoms with E-state index in [1.807, 2.05) is 47.1 Å². The van der Waals surface area contributed by atoms with Gasteiger partial charge < -0.3 is 9.80 Å². The summed E-state index contributed by atoms with van der Waals surface area (Å²) in [6.07, 6.45) is 6.52. The molecule has 0 N–H and O–H groups in total. The van der Waals surface area contributed by atoms with E-state index in [0.717, 1.165) is 23.4 Å². The summed E-state index contributed by atoms with van der Waals surface area (Å²) in [7, 11) is 0. The highest BCUT2D eigenvalue weighted by atomic mass is 35.5. The van der Waals surface area contributed by atoms with Crippen LogP contribution >= 0.6 is 11.6 Å². The van der Waals surface area contributed by atoms with E-state index in [2.05, 4.69) is 17.0 Å². The SMILES string of the molecule is CCCc1c(C(=O)N2CCN3C(=O)c4ccncc4C32c2ccc(Cl)cc2)cnn1-c1ccccc1. The molecule has 0 aliphatic carbocycles. The minimum Gasteiger partial charge on any atom is -0.306 e. The minimum absolute atomic E-state index is 0.105. The molecule has 0 radical (unpaired) electrons. The number of carbonyl (C=O) groups is 2. The minimum atomic E-state index is -1.10. The molecule has 7 nitrogen and oxygen atoms in total. The number of nitrogens with zero attached hydrogens (tertiary/aromatic N) is 5. The molecule has 0 saturated carbocycles. The van der Waals surface area contributed by atoms with Crippen LogP contribution in [-0.4, -0.2) is 49.5 Å². The standard InChI is InChI=1S/C28H24ClN5O2/c1-2-6-25-23(17-31-34(25)21-7-4-3-5-8-21)27(36)33-16-15-32-26(35)22-13-14-30-18-24(22)28(32,33)19-9-11-20(29)12-10-19/h3-5,7-14,17-18H,2,6,15-16H2,1H3. The van der Waals surface area contributed by atoms with Crippen LogP contribution in [0, 0.1) is 0 Å². The molecular weight excluding hydrogens is 474 g/mol. The van der Waals surface area contributed by atoms with Crippen molar-refractivity contribution in [1.82, 2.24) is 24.6 Å². The van der Waals surface area contributed by atoms with Crippen LogP contribution in [0.1, 0.15) is 50.9 Å². The predicted molar refractivity (Wildman–Crippen MR) is 136 cm³/mol. The summed E-state index contributed by atoms with van der Waals surface area (Å²) in [5, 5.41) is 5.19. The third-order valence-corrected chi connectivity index (χ3v) is 7.33. The quantitative estimate of drug-likeness (QED) is 0.401. The average molecular weight is 498 g/mol. The Kier molecular flexibility index (Phi) is 5.38. The summed E-state index contributed by atoms with van der Waals surface area (Å²) < 4.78 is 1.84. The maximum atomic E-state index is 14.4. The highest BCUT2D eigenvalue weighted by Crippen LogP contribution is 2.50. The van der Waals surface area contributed by atoms with E-state index in [-0.39, 0.29) is 11.8 Å².